The molecule has 0 saturated heterocycles. The third-order valence-electron chi connectivity index (χ3n) is 2.27. The van der Waals surface area contributed by atoms with Crippen LogP contribution in [0.15, 0.2) is 24.3 Å². The summed E-state index contributed by atoms with van der Waals surface area (Å²) in [5.41, 5.74) is 1.14. The van der Waals surface area contributed by atoms with Gasteiger partial charge < -0.3 is 14.9 Å². The van der Waals surface area contributed by atoms with Gasteiger partial charge in [0.15, 0.2) is 0 Å². The molecule has 1 aromatic rings. The third kappa shape index (κ3) is 4.64. The van der Waals surface area contributed by atoms with E-state index in [1.54, 1.807) is 0 Å². The van der Waals surface area contributed by atoms with E-state index in [2.05, 4.69) is 0 Å². The molecule has 90 valence electrons. The molecule has 0 fully saturated rings. The van der Waals surface area contributed by atoms with Crippen LogP contribution in [0.1, 0.15) is 25.8 Å². The van der Waals surface area contributed by atoms with Crippen molar-refractivity contribution < 1.29 is 14.9 Å². The van der Waals surface area contributed by atoms with Crippen LogP contribution in [-0.4, -0.2) is 29.0 Å². The summed E-state index contributed by atoms with van der Waals surface area (Å²) in [6.07, 6.45) is 0.915. The van der Waals surface area contributed by atoms with E-state index in [-0.39, 0.29) is 12.7 Å². The van der Waals surface area contributed by atoms with Crippen molar-refractivity contribution in [1.29, 1.82) is 0 Å². The van der Waals surface area contributed by atoms with Crippen LogP contribution < -0.4 is 4.74 Å². The Morgan fingerprint density at radius 3 is 2.31 bits per heavy atom. The van der Waals surface area contributed by atoms with E-state index >= 15 is 0 Å². The van der Waals surface area contributed by atoms with Crippen LogP contribution in [0, 0.1) is 0 Å². The average Bonchev–Trinajstić information content (AvgIpc) is 2.27. The molecule has 1 aromatic carbocycles. The first-order chi connectivity index (χ1) is 7.61. The number of benzene rings is 1. The Kier molecular flexibility index (Phi) is 5.29. The minimum Gasteiger partial charge on any atom is -0.491 e. The highest BCUT2D eigenvalue weighted by molar-refractivity contribution is 5.27. The molecule has 1 unspecified atom stereocenters. The van der Waals surface area contributed by atoms with Gasteiger partial charge in [0.25, 0.3) is 0 Å². The summed E-state index contributed by atoms with van der Waals surface area (Å²) in [5.74, 6) is 0.862. The molecule has 0 heterocycles. The maximum absolute atomic E-state index is 9.22. The second kappa shape index (κ2) is 6.51. The first kappa shape index (κ1) is 13.0. The summed E-state index contributed by atoms with van der Waals surface area (Å²) in [4.78, 5) is 0. The summed E-state index contributed by atoms with van der Waals surface area (Å²) in [5, 5.41) is 17.9. The van der Waals surface area contributed by atoms with Gasteiger partial charge in [0, 0.05) is 0 Å². The molecule has 0 amide bonds. The Bertz CT molecular complexity index is 293. The van der Waals surface area contributed by atoms with Crippen LogP contribution in [0.3, 0.4) is 0 Å². The summed E-state index contributed by atoms with van der Waals surface area (Å²) in [7, 11) is 0. The molecular formula is C13H20O3. The summed E-state index contributed by atoms with van der Waals surface area (Å²) in [6.45, 7) is 3.81. The van der Waals surface area contributed by atoms with E-state index in [9.17, 15) is 5.11 Å². The lowest BCUT2D eigenvalue weighted by Crippen LogP contribution is -2.12. The average molecular weight is 224 g/mol. The maximum atomic E-state index is 9.22. The fourth-order valence-corrected chi connectivity index (χ4v) is 1.43. The Hall–Kier alpha value is -1.06. The molecule has 0 bridgehead atoms. The van der Waals surface area contributed by atoms with Gasteiger partial charge in [0.05, 0.1) is 18.8 Å². The molecular weight excluding hydrogens is 204 g/mol. The quantitative estimate of drug-likeness (QED) is 0.774. The van der Waals surface area contributed by atoms with Crippen molar-refractivity contribution in [2.24, 2.45) is 0 Å². The van der Waals surface area contributed by atoms with Crippen molar-refractivity contribution >= 4 is 0 Å². The molecule has 0 aliphatic carbocycles. The Morgan fingerprint density at radius 2 is 1.81 bits per heavy atom. The van der Waals surface area contributed by atoms with Crippen molar-refractivity contribution in [2.45, 2.75) is 38.9 Å². The van der Waals surface area contributed by atoms with Gasteiger partial charge in [-0.2, -0.15) is 0 Å². The van der Waals surface area contributed by atoms with Gasteiger partial charge in [-0.25, -0.2) is 0 Å². The monoisotopic (exact) mass is 224 g/mol. The second-order valence-electron chi connectivity index (χ2n) is 4.19. The van der Waals surface area contributed by atoms with Crippen LogP contribution in [0.4, 0.5) is 0 Å². The number of aliphatic hydroxyl groups excluding tert-OH is 2. The van der Waals surface area contributed by atoms with E-state index in [4.69, 9.17) is 9.84 Å². The first-order valence-electron chi connectivity index (χ1n) is 5.66. The van der Waals surface area contributed by atoms with Crippen LogP contribution in [0.25, 0.3) is 0 Å². The second-order valence-corrected chi connectivity index (χ2v) is 4.19. The molecule has 0 radical (unpaired) electrons. The van der Waals surface area contributed by atoms with Crippen molar-refractivity contribution in [2.75, 3.05) is 6.61 Å². The minimum absolute atomic E-state index is 0.172. The fraction of sp³-hybridized carbons (Fsp3) is 0.538. The molecule has 16 heavy (non-hydrogen) atoms. The molecule has 1 rings (SSSR count). The number of ether oxygens (including phenoxy) is 1. The molecule has 0 aromatic heterocycles. The lowest BCUT2D eigenvalue weighted by Gasteiger charge is -2.10. The molecule has 1 atom stereocenters. The predicted octanol–water partition coefficient (Wildman–Crippen LogP) is 1.76. The van der Waals surface area contributed by atoms with Crippen molar-refractivity contribution in [3.05, 3.63) is 29.8 Å². The number of hydrogen-bond donors (Lipinski definition) is 2. The number of aliphatic hydroxyl groups is 2. The predicted molar refractivity (Wildman–Crippen MR) is 63.6 cm³/mol. The number of rotatable bonds is 6. The zero-order chi connectivity index (χ0) is 12.0. The normalized spacial score (nSPS) is 12.8. The highest BCUT2D eigenvalue weighted by atomic mass is 16.5. The van der Waals surface area contributed by atoms with Gasteiger partial charge in [0.1, 0.15) is 5.75 Å². The van der Waals surface area contributed by atoms with Gasteiger partial charge in [-0.05, 0) is 44.4 Å². The summed E-state index contributed by atoms with van der Waals surface area (Å²) < 4.78 is 5.53. The van der Waals surface area contributed by atoms with Gasteiger partial charge in [-0.3, -0.25) is 0 Å². The minimum atomic E-state index is -0.619. The summed E-state index contributed by atoms with van der Waals surface area (Å²) >= 11 is 0. The smallest absolute Gasteiger partial charge is 0.119 e. The molecule has 0 saturated carbocycles. The topological polar surface area (TPSA) is 49.7 Å². The molecule has 0 spiro atoms. The molecule has 0 aliphatic heterocycles. The number of hydrogen-bond acceptors (Lipinski definition) is 3. The zero-order valence-electron chi connectivity index (χ0n) is 9.89. The first-order valence-corrected chi connectivity index (χ1v) is 5.66. The Labute approximate surface area is 96.7 Å². The van der Waals surface area contributed by atoms with Crippen LogP contribution in [0.5, 0.6) is 5.75 Å². The highest BCUT2D eigenvalue weighted by Crippen LogP contribution is 2.15. The van der Waals surface area contributed by atoms with Gasteiger partial charge in [-0.1, -0.05) is 12.1 Å². The zero-order valence-corrected chi connectivity index (χ0v) is 9.89. The Balaban J connectivity index is 2.45. The third-order valence-corrected chi connectivity index (χ3v) is 2.27. The van der Waals surface area contributed by atoms with Gasteiger partial charge in [0.2, 0.25) is 0 Å². The van der Waals surface area contributed by atoms with Crippen LogP contribution in [-0.2, 0) is 6.42 Å². The van der Waals surface area contributed by atoms with Crippen molar-refractivity contribution in [3.63, 3.8) is 0 Å². The van der Waals surface area contributed by atoms with Crippen molar-refractivity contribution in [3.8, 4) is 5.75 Å². The Morgan fingerprint density at radius 1 is 1.19 bits per heavy atom. The lowest BCUT2D eigenvalue weighted by atomic mass is 10.1. The van der Waals surface area contributed by atoms with E-state index in [1.807, 2.05) is 38.1 Å². The standard InChI is InChI=1S/C13H20O3/c1-10(2)16-13-7-4-11(5-8-13)3-6-12(15)9-14/h4-5,7-8,10,12,14-15H,3,6,9H2,1-2H3. The SMILES string of the molecule is CC(C)Oc1ccc(CCC(O)CO)cc1. The van der Waals surface area contributed by atoms with E-state index in [0.29, 0.717) is 6.42 Å². The fourth-order valence-electron chi connectivity index (χ4n) is 1.43. The molecule has 3 heteroatoms. The summed E-state index contributed by atoms with van der Waals surface area (Å²) in [6, 6.07) is 7.84. The van der Waals surface area contributed by atoms with Crippen LogP contribution >= 0.6 is 0 Å². The lowest BCUT2D eigenvalue weighted by molar-refractivity contribution is 0.0886. The molecule has 2 N–H and O–H groups in total. The highest BCUT2D eigenvalue weighted by Gasteiger charge is 2.03. The maximum Gasteiger partial charge on any atom is 0.119 e. The van der Waals surface area contributed by atoms with Crippen molar-refractivity contribution in [1.82, 2.24) is 0 Å². The van der Waals surface area contributed by atoms with Gasteiger partial charge >= 0.3 is 0 Å². The largest absolute Gasteiger partial charge is 0.491 e. The van der Waals surface area contributed by atoms with Gasteiger partial charge in [-0.15, -0.1) is 0 Å². The van der Waals surface area contributed by atoms with Crippen LogP contribution in [0.2, 0.25) is 0 Å². The van der Waals surface area contributed by atoms with E-state index in [1.165, 1.54) is 0 Å². The van der Waals surface area contributed by atoms with E-state index in [0.717, 1.165) is 17.7 Å². The number of aryl methyl sites for hydroxylation is 1. The molecule has 0 aliphatic rings. The molecule has 3 nitrogen and oxygen atoms in total. The van der Waals surface area contributed by atoms with E-state index < -0.39 is 6.10 Å².